The number of hydrogen-bond acceptors (Lipinski definition) is 3. The second-order valence-corrected chi connectivity index (χ2v) is 4.56. The van der Waals surface area contributed by atoms with Crippen LogP contribution < -0.4 is 0 Å². The first-order valence-electron chi connectivity index (χ1n) is 5.29. The van der Waals surface area contributed by atoms with Crippen molar-refractivity contribution in [2.24, 2.45) is 0 Å². The highest BCUT2D eigenvalue weighted by atomic mass is 79.9. The lowest BCUT2D eigenvalue weighted by Gasteiger charge is -2.31. The molecular formula is C12H13BrN2O. The number of rotatable bonds is 2. The van der Waals surface area contributed by atoms with E-state index < -0.39 is 0 Å². The Morgan fingerprint density at radius 1 is 1.31 bits per heavy atom. The van der Waals surface area contributed by atoms with Crippen LogP contribution >= 0.6 is 15.9 Å². The highest BCUT2D eigenvalue weighted by molar-refractivity contribution is 9.10. The van der Waals surface area contributed by atoms with Gasteiger partial charge in [-0.3, -0.25) is 4.90 Å². The molecule has 0 unspecified atom stereocenters. The predicted octanol–water partition coefficient (Wildman–Crippen LogP) is 2.35. The predicted molar refractivity (Wildman–Crippen MR) is 64.9 cm³/mol. The van der Waals surface area contributed by atoms with Crippen molar-refractivity contribution in [3.8, 4) is 6.07 Å². The molecule has 1 atom stereocenters. The summed E-state index contributed by atoms with van der Waals surface area (Å²) in [6.45, 7) is 3.06. The Kier molecular flexibility index (Phi) is 3.94. The van der Waals surface area contributed by atoms with Gasteiger partial charge < -0.3 is 4.74 Å². The Morgan fingerprint density at radius 3 is 2.62 bits per heavy atom. The summed E-state index contributed by atoms with van der Waals surface area (Å²) >= 11 is 3.50. The van der Waals surface area contributed by atoms with Crippen molar-refractivity contribution >= 4 is 15.9 Å². The lowest BCUT2D eigenvalue weighted by atomic mass is 10.1. The van der Waals surface area contributed by atoms with E-state index in [1.54, 1.807) is 0 Å². The molecule has 1 aromatic rings. The first kappa shape index (κ1) is 11.6. The van der Waals surface area contributed by atoms with Crippen LogP contribution in [0.2, 0.25) is 0 Å². The largest absolute Gasteiger partial charge is 0.379 e. The molecule has 0 N–H and O–H groups in total. The third-order valence-electron chi connectivity index (χ3n) is 2.73. The molecule has 0 aliphatic carbocycles. The highest BCUT2D eigenvalue weighted by Gasteiger charge is 2.23. The van der Waals surface area contributed by atoms with Crippen molar-refractivity contribution in [2.45, 2.75) is 6.04 Å². The van der Waals surface area contributed by atoms with Gasteiger partial charge in [-0.25, -0.2) is 0 Å². The topological polar surface area (TPSA) is 36.3 Å². The molecule has 1 heterocycles. The lowest BCUT2D eigenvalue weighted by Crippen LogP contribution is -2.38. The van der Waals surface area contributed by atoms with Gasteiger partial charge in [-0.1, -0.05) is 34.1 Å². The first-order valence-corrected chi connectivity index (χ1v) is 6.08. The van der Waals surface area contributed by atoms with Crippen molar-refractivity contribution in [1.82, 2.24) is 4.90 Å². The molecule has 1 aliphatic rings. The number of hydrogen-bond donors (Lipinski definition) is 0. The molecule has 1 fully saturated rings. The smallest absolute Gasteiger partial charge is 0.125 e. The highest BCUT2D eigenvalue weighted by Crippen LogP contribution is 2.27. The molecule has 0 radical (unpaired) electrons. The first-order chi connectivity index (χ1) is 7.83. The second-order valence-electron chi connectivity index (χ2n) is 3.70. The van der Waals surface area contributed by atoms with E-state index in [1.165, 1.54) is 0 Å². The van der Waals surface area contributed by atoms with Crippen LogP contribution in [0.5, 0.6) is 0 Å². The number of morpholine rings is 1. The fourth-order valence-electron chi connectivity index (χ4n) is 1.88. The van der Waals surface area contributed by atoms with Gasteiger partial charge >= 0.3 is 0 Å². The Balaban J connectivity index is 2.22. The summed E-state index contributed by atoms with van der Waals surface area (Å²) in [5.41, 5.74) is 1.03. The zero-order valence-electron chi connectivity index (χ0n) is 8.90. The van der Waals surface area contributed by atoms with E-state index in [9.17, 15) is 5.26 Å². The van der Waals surface area contributed by atoms with Gasteiger partial charge in [0.2, 0.25) is 0 Å². The summed E-state index contributed by atoms with van der Waals surface area (Å²) in [6.07, 6.45) is 0. The molecule has 0 aromatic heterocycles. The summed E-state index contributed by atoms with van der Waals surface area (Å²) in [7, 11) is 0. The summed E-state index contributed by atoms with van der Waals surface area (Å²) in [4.78, 5) is 2.16. The molecule has 0 bridgehead atoms. The van der Waals surface area contributed by atoms with Gasteiger partial charge in [0.05, 0.1) is 19.3 Å². The zero-order valence-corrected chi connectivity index (χ0v) is 10.5. The molecule has 1 aliphatic heterocycles. The Bertz CT molecular complexity index is 396. The minimum atomic E-state index is -0.181. The molecule has 1 saturated heterocycles. The van der Waals surface area contributed by atoms with Gasteiger partial charge in [0, 0.05) is 17.6 Å². The van der Waals surface area contributed by atoms with E-state index >= 15 is 0 Å². The second kappa shape index (κ2) is 5.44. The number of halogens is 1. The third kappa shape index (κ3) is 2.43. The fourth-order valence-corrected chi connectivity index (χ4v) is 2.38. The van der Waals surface area contributed by atoms with Crippen molar-refractivity contribution in [1.29, 1.82) is 5.26 Å². The van der Waals surface area contributed by atoms with Crippen molar-refractivity contribution < 1.29 is 4.74 Å². The average molecular weight is 281 g/mol. The molecule has 0 amide bonds. The molecule has 4 heteroatoms. The number of nitrogens with zero attached hydrogens (tertiary/aromatic N) is 2. The lowest BCUT2D eigenvalue weighted by molar-refractivity contribution is 0.0265. The minimum absolute atomic E-state index is 0.181. The minimum Gasteiger partial charge on any atom is -0.379 e. The summed E-state index contributed by atoms with van der Waals surface area (Å²) in [5, 5.41) is 9.30. The molecule has 0 saturated carbocycles. The SMILES string of the molecule is N#C[C@H](c1ccccc1Br)N1CCOCC1. The monoisotopic (exact) mass is 280 g/mol. The Morgan fingerprint density at radius 2 is 2.00 bits per heavy atom. The Hall–Kier alpha value is -0.890. The van der Waals surface area contributed by atoms with E-state index in [0.717, 1.165) is 23.1 Å². The Labute approximate surface area is 104 Å². The normalized spacial score (nSPS) is 19.0. The molecule has 16 heavy (non-hydrogen) atoms. The maximum atomic E-state index is 9.30. The quantitative estimate of drug-likeness (QED) is 0.835. The van der Waals surface area contributed by atoms with E-state index in [2.05, 4.69) is 26.9 Å². The van der Waals surface area contributed by atoms with Crippen molar-refractivity contribution in [3.05, 3.63) is 34.3 Å². The van der Waals surface area contributed by atoms with E-state index in [1.807, 2.05) is 24.3 Å². The van der Waals surface area contributed by atoms with Gasteiger partial charge in [-0.15, -0.1) is 0 Å². The maximum Gasteiger partial charge on any atom is 0.125 e. The van der Waals surface area contributed by atoms with Crippen LogP contribution in [0.15, 0.2) is 28.7 Å². The van der Waals surface area contributed by atoms with Crippen LogP contribution in [0.1, 0.15) is 11.6 Å². The van der Waals surface area contributed by atoms with Crippen LogP contribution in [0.4, 0.5) is 0 Å². The standard InChI is InChI=1S/C12H13BrN2O/c13-11-4-2-1-3-10(11)12(9-14)15-5-7-16-8-6-15/h1-4,12H,5-8H2/t12-/m1/s1. The van der Waals surface area contributed by atoms with Crippen LogP contribution in [0, 0.1) is 11.3 Å². The number of benzene rings is 1. The van der Waals surface area contributed by atoms with Gasteiger partial charge in [-0.2, -0.15) is 5.26 Å². The molecule has 0 spiro atoms. The summed E-state index contributed by atoms with van der Waals surface area (Å²) < 4.78 is 6.29. The van der Waals surface area contributed by atoms with Crippen molar-refractivity contribution in [2.75, 3.05) is 26.3 Å². The number of ether oxygens (including phenoxy) is 1. The van der Waals surface area contributed by atoms with Crippen LogP contribution in [0.25, 0.3) is 0 Å². The van der Waals surface area contributed by atoms with Gasteiger partial charge in [0.15, 0.2) is 0 Å². The van der Waals surface area contributed by atoms with Crippen LogP contribution in [0.3, 0.4) is 0 Å². The van der Waals surface area contributed by atoms with Gasteiger partial charge in [-0.05, 0) is 11.6 Å². The molecule has 1 aromatic carbocycles. The zero-order chi connectivity index (χ0) is 11.4. The van der Waals surface area contributed by atoms with E-state index in [4.69, 9.17) is 4.74 Å². The summed E-state index contributed by atoms with van der Waals surface area (Å²) in [5.74, 6) is 0. The average Bonchev–Trinajstić information content (AvgIpc) is 2.34. The van der Waals surface area contributed by atoms with Crippen LogP contribution in [-0.2, 0) is 4.74 Å². The van der Waals surface area contributed by atoms with E-state index in [-0.39, 0.29) is 6.04 Å². The molecule has 84 valence electrons. The molecule has 3 nitrogen and oxygen atoms in total. The van der Waals surface area contributed by atoms with Gasteiger partial charge in [0.25, 0.3) is 0 Å². The van der Waals surface area contributed by atoms with Crippen molar-refractivity contribution in [3.63, 3.8) is 0 Å². The summed E-state index contributed by atoms with van der Waals surface area (Å²) in [6, 6.07) is 10.1. The molecular weight excluding hydrogens is 268 g/mol. The fraction of sp³-hybridized carbons (Fsp3) is 0.417. The maximum absolute atomic E-state index is 9.30. The third-order valence-corrected chi connectivity index (χ3v) is 3.46. The number of nitriles is 1. The van der Waals surface area contributed by atoms with E-state index in [0.29, 0.717) is 13.2 Å². The van der Waals surface area contributed by atoms with Gasteiger partial charge in [0.1, 0.15) is 6.04 Å². The van der Waals surface area contributed by atoms with Crippen LogP contribution in [-0.4, -0.2) is 31.2 Å². The molecule has 2 rings (SSSR count).